The van der Waals surface area contributed by atoms with E-state index in [0.29, 0.717) is 30.1 Å². The molecule has 3 aromatic heterocycles. The summed E-state index contributed by atoms with van der Waals surface area (Å²) >= 11 is 0. The van der Waals surface area contributed by atoms with Crippen molar-refractivity contribution in [2.45, 2.75) is 19.3 Å². The van der Waals surface area contributed by atoms with Gasteiger partial charge in [0.2, 0.25) is 5.88 Å². The molecule has 1 saturated carbocycles. The van der Waals surface area contributed by atoms with Crippen molar-refractivity contribution in [1.29, 1.82) is 0 Å². The quantitative estimate of drug-likeness (QED) is 0.342. The Balaban J connectivity index is 1.24. The Bertz CT molecular complexity index is 1580. The summed E-state index contributed by atoms with van der Waals surface area (Å²) < 4.78 is 7.87. The Kier molecular flexibility index (Phi) is 5.34. The Morgan fingerprint density at radius 1 is 0.943 bits per heavy atom. The summed E-state index contributed by atoms with van der Waals surface area (Å²) in [5.41, 5.74) is 4.44. The summed E-state index contributed by atoms with van der Waals surface area (Å²) in [7, 11) is 0. The average molecular weight is 461 g/mol. The number of nitrogens with zero attached hydrogens (tertiary/aromatic N) is 4. The zero-order valence-corrected chi connectivity index (χ0v) is 19.3. The fraction of sp³-hybridized carbons (Fsp3) is 0.172. The van der Waals surface area contributed by atoms with E-state index in [2.05, 4.69) is 34.2 Å². The van der Waals surface area contributed by atoms with Gasteiger partial charge in [0, 0.05) is 52.6 Å². The molecule has 2 atom stereocenters. The van der Waals surface area contributed by atoms with E-state index in [1.54, 1.807) is 22.9 Å². The minimum absolute atomic E-state index is 0.0980. The number of para-hydroxylation sites is 2. The number of aromatic nitrogens is 4. The van der Waals surface area contributed by atoms with Crippen LogP contribution < -0.4 is 10.3 Å². The molecule has 0 radical (unpaired) electrons. The molecule has 6 nitrogen and oxygen atoms in total. The molecule has 172 valence electrons. The Morgan fingerprint density at radius 3 is 2.66 bits per heavy atom. The second-order valence-corrected chi connectivity index (χ2v) is 8.94. The minimum atomic E-state index is -0.0980. The lowest BCUT2D eigenvalue weighted by atomic mass is 10.1. The van der Waals surface area contributed by atoms with Crippen molar-refractivity contribution in [3.63, 3.8) is 0 Å². The second kappa shape index (κ2) is 8.80. The van der Waals surface area contributed by atoms with E-state index in [9.17, 15) is 4.79 Å². The number of benzene rings is 2. The predicted molar refractivity (Wildman–Crippen MR) is 136 cm³/mol. The van der Waals surface area contributed by atoms with Crippen LogP contribution in [-0.2, 0) is 0 Å². The van der Waals surface area contributed by atoms with Gasteiger partial charge in [0.25, 0.3) is 5.56 Å². The van der Waals surface area contributed by atoms with Crippen LogP contribution in [0.25, 0.3) is 27.7 Å². The van der Waals surface area contributed by atoms with Crippen LogP contribution in [0.2, 0.25) is 0 Å². The fourth-order valence-electron chi connectivity index (χ4n) is 4.46. The Labute approximate surface area is 202 Å². The summed E-state index contributed by atoms with van der Waals surface area (Å²) in [6.07, 6.45) is 4.63. The smallest absolute Gasteiger partial charge is 0.255 e. The monoisotopic (exact) mass is 460 g/mol. The molecule has 1 aliphatic rings. The first-order valence-corrected chi connectivity index (χ1v) is 11.8. The molecule has 0 unspecified atom stereocenters. The molecule has 3 heterocycles. The van der Waals surface area contributed by atoms with Crippen molar-refractivity contribution in [3.8, 4) is 22.7 Å². The summed E-state index contributed by atoms with van der Waals surface area (Å²) in [4.78, 5) is 26.3. The van der Waals surface area contributed by atoms with Crippen molar-refractivity contribution >= 4 is 10.9 Å². The largest absolute Gasteiger partial charge is 0.477 e. The van der Waals surface area contributed by atoms with E-state index >= 15 is 0 Å². The maximum atomic E-state index is 12.5. The zero-order valence-electron chi connectivity index (χ0n) is 19.3. The summed E-state index contributed by atoms with van der Waals surface area (Å²) in [5.74, 6) is 1.97. The van der Waals surface area contributed by atoms with Crippen LogP contribution in [0, 0.1) is 12.8 Å². The van der Waals surface area contributed by atoms with Crippen LogP contribution in [0.15, 0.2) is 96.1 Å². The molecule has 1 aliphatic carbocycles. The molecule has 0 amide bonds. The average Bonchev–Trinajstić information content (AvgIpc) is 3.68. The number of hydrogen-bond acceptors (Lipinski definition) is 5. The lowest BCUT2D eigenvalue weighted by Crippen LogP contribution is -2.16. The van der Waals surface area contributed by atoms with Crippen LogP contribution in [0.1, 0.15) is 23.9 Å². The topological polar surface area (TPSA) is 69.9 Å². The highest BCUT2D eigenvalue weighted by atomic mass is 16.5. The molecular weight excluding hydrogens is 436 g/mol. The highest BCUT2D eigenvalue weighted by Gasteiger charge is 2.40. The fourth-order valence-corrected chi connectivity index (χ4v) is 4.46. The van der Waals surface area contributed by atoms with Crippen LogP contribution in [0.5, 0.6) is 5.88 Å². The molecule has 2 aromatic carbocycles. The van der Waals surface area contributed by atoms with Gasteiger partial charge in [-0.25, -0.2) is 4.98 Å². The van der Waals surface area contributed by atoms with E-state index in [0.717, 1.165) is 39.8 Å². The van der Waals surface area contributed by atoms with Crippen LogP contribution in [-0.4, -0.2) is 26.1 Å². The SMILES string of the molecule is Cc1ncc(-c2ccc(=O)n(-c3ccccc3)c2)c(OC[C@H]2C[C@@H]2c2ccc3ccccc3n2)n1. The van der Waals surface area contributed by atoms with Crippen molar-refractivity contribution < 1.29 is 4.74 Å². The minimum Gasteiger partial charge on any atom is -0.477 e. The first-order valence-electron chi connectivity index (χ1n) is 11.8. The first kappa shape index (κ1) is 21.2. The van der Waals surface area contributed by atoms with E-state index in [4.69, 9.17) is 9.72 Å². The van der Waals surface area contributed by atoms with Gasteiger partial charge in [-0.05, 0) is 43.7 Å². The maximum absolute atomic E-state index is 12.5. The molecule has 6 heteroatoms. The second-order valence-electron chi connectivity index (χ2n) is 8.94. The van der Waals surface area contributed by atoms with Gasteiger partial charge < -0.3 is 4.74 Å². The molecule has 1 fully saturated rings. The Morgan fingerprint density at radius 2 is 1.77 bits per heavy atom. The lowest BCUT2D eigenvalue weighted by molar-refractivity contribution is 0.285. The number of ether oxygens (including phenoxy) is 1. The molecule has 6 rings (SSSR count). The van der Waals surface area contributed by atoms with Gasteiger partial charge in [0.05, 0.1) is 17.7 Å². The summed E-state index contributed by atoms with van der Waals surface area (Å²) in [5, 5.41) is 1.16. The van der Waals surface area contributed by atoms with Crippen molar-refractivity contribution in [2.24, 2.45) is 5.92 Å². The summed E-state index contributed by atoms with van der Waals surface area (Å²) in [6.45, 7) is 2.40. The third-order valence-corrected chi connectivity index (χ3v) is 6.49. The lowest BCUT2D eigenvalue weighted by Gasteiger charge is -2.13. The normalized spacial score (nSPS) is 16.8. The van der Waals surface area contributed by atoms with Crippen LogP contribution >= 0.6 is 0 Å². The molecule has 35 heavy (non-hydrogen) atoms. The molecule has 5 aromatic rings. The van der Waals surface area contributed by atoms with Gasteiger partial charge in [-0.3, -0.25) is 14.3 Å². The number of rotatable bonds is 6. The van der Waals surface area contributed by atoms with E-state index in [1.807, 2.05) is 55.6 Å². The molecule has 0 spiro atoms. The number of pyridine rings is 2. The first-order chi connectivity index (χ1) is 17.2. The molecule has 0 N–H and O–H groups in total. The molecule has 0 aliphatic heterocycles. The van der Waals surface area contributed by atoms with Gasteiger partial charge in [-0.2, -0.15) is 4.98 Å². The van der Waals surface area contributed by atoms with Crippen LogP contribution in [0.4, 0.5) is 0 Å². The Hall–Kier alpha value is -4.32. The van der Waals surface area contributed by atoms with Gasteiger partial charge >= 0.3 is 0 Å². The third-order valence-electron chi connectivity index (χ3n) is 6.49. The van der Waals surface area contributed by atoms with Crippen molar-refractivity contribution in [3.05, 3.63) is 113 Å². The van der Waals surface area contributed by atoms with Crippen molar-refractivity contribution in [2.75, 3.05) is 6.61 Å². The van der Waals surface area contributed by atoms with Crippen LogP contribution in [0.3, 0.4) is 0 Å². The van der Waals surface area contributed by atoms with Crippen molar-refractivity contribution in [1.82, 2.24) is 19.5 Å². The van der Waals surface area contributed by atoms with E-state index in [1.165, 1.54) is 0 Å². The predicted octanol–water partition coefficient (Wildman–Crippen LogP) is 5.33. The van der Waals surface area contributed by atoms with E-state index < -0.39 is 0 Å². The maximum Gasteiger partial charge on any atom is 0.255 e. The van der Waals surface area contributed by atoms with Gasteiger partial charge in [-0.15, -0.1) is 0 Å². The number of fused-ring (bicyclic) bond motifs is 1. The number of hydrogen-bond donors (Lipinski definition) is 0. The third kappa shape index (κ3) is 4.30. The highest BCUT2D eigenvalue weighted by molar-refractivity contribution is 5.78. The zero-order chi connectivity index (χ0) is 23.8. The molecule has 0 saturated heterocycles. The highest BCUT2D eigenvalue weighted by Crippen LogP contribution is 2.47. The van der Waals surface area contributed by atoms with Gasteiger partial charge in [0.15, 0.2) is 0 Å². The van der Waals surface area contributed by atoms with E-state index in [-0.39, 0.29) is 5.56 Å². The molecular formula is C29H24N4O2. The number of aryl methyl sites for hydroxylation is 1. The van der Waals surface area contributed by atoms with Gasteiger partial charge in [0.1, 0.15) is 5.82 Å². The summed E-state index contributed by atoms with van der Waals surface area (Å²) in [6, 6.07) is 25.4. The van der Waals surface area contributed by atoms with Gasteiger partial charge in [-0.1, -0.05) is 42.5 Å². The molecule has 0 bridgehead atoms. The standard InChI is InChI=1S/C29H24N4O2/c1-19-30-16-25(21-12-14-28(34)33(17-21)23-8-3-2-4-9-23)29(31-19)35-18-22-15-24(22)27-13-11-20-7-5-6-10-26(20)32-27/h2-14,16-17,22,24H,15,18H2,1H3/t22-,24+/m1/s1.